The van der Waals surface area contributed by atoms with Crippen molar-refractivity contribution in [1.29, 1.82) is 5.26 Å². The Bertz CT molecular complexity index is 1170. The van der Waals surface area contributed by atoms with E-state index in [9.17, 15) is 20.0 Å². The van der Waals surface area contributed by atoms with Crippen molar-refractivity contribution in [1.82, 2.24) is 10.3 Å². The van der Waals surface area contributed by atoms with Gasteiger partial charge in [-0.15, -0.1) is 0 Å². The van der Waals surface area contributed by atoms with Crippen LogP contribution in [0.25, 0.3) is 11.1 Å². The Hall–Kier alpha value is -4.51. The molecule has 154 valence electrons. The maximum Gasteiger partial charge on any atom is 0.326 e. The molecule has 0 saturated carbocycles. The fourth-order valence-electron chi connectivity index (χ4n) is 3.08. The molecule has 4 N–H and O–H groups in total. The number of nitrogens with one attached hydrogen (secondary N) is 1. The predicted octanol–water partition coefficient (Wildman–Crippen LogP) is 2.34. The van der Waals surface area contributed by atoms with E-state index >= 15 is 0 Å². The predicted molar refractivity (Wildman–Crippen MR) is 115 cm³/mol. The number of nitrogens with two attached hydrogens (primary N) is 1. The van der Waals surface area contributed by atoms with Crippen LogP contribution in [0.15, 0.2) is 72.0 Å². The Morgan fingerprint density at radius 2 is 1.94 bits per heavy atom. The van der Waals surface area contributed by atoms with Crippen molar-refractivity contribution in [2.24, 2.45) is 10.9 Å². The van der Waals surface area contributed by atoms with Gasteiger partial charge in [0.15, 0.2) is 0 Å². The largest absolute Gasteiger partial charge is 0.480 e. The zero-order valence-corrected chi connectivity index (χ0v) is 16.4. The van der Waals surface area contributed by atoms with Crippen LogP contribution < -0.4 is 11.2 Å². The summed E-state index contributed by atoms with van der Waals surface area (Å²) in [4.78, 5) is 28.3. The third-order valence-corrected chi connectivity index (χ3v) is 4.60. The summed E-state index contributed by atoms with van der Waals surface area (Å²) in [6, 6.07) is 18.1. The smallest absolute Gasteiger partial charge is 0.326 e. The summed E-state index contributed by atoms with van der Waals surface area (Å²) in [6.45, 7) is 0. The molecule has 1 heterocycles. The van der Waals surface area contributed by atoms with Crippen LogP contribution in [0.1, 0.15) is 27.2 Å². The molecule has 0 bridgehead atoms. The monoisotopic (exact) mass is 413 g/mol. The van der Waals surface area contributed by atoms with Crippen molar-refractivity contribution in [2.75, 3.05) is 0 Å². The van der Waals surface area contributed by atoms with Crippen molar-refractivity contribution in [2.45, 2.75) is 12.5 Å². The number of nitrogens with zero attached hydrogens (tertiary/aromatic N) is 3. The van der Waals surface area contributed by atoms with Gasteiger partial charge >= 0.3 is 5.97 Å². The average molecular weight is 413 g/mol. The van der Waals surface area contributed by atoms with Crippen molar-refractivity contribution in [3.63, 3.8) is 0 Å². The number of benzene rings is 2. The molecule has 0 aliphatic carbocycles. The molecule has 1 atom stereocenters. The van der Waals surface area contributed by atoms with E-state index in [0.29, 0.717) is 22.4 Å². The van der Waals surface area contributed by atoms with Gasteiger partial charge in [-0.2, -0.15) is 10.4 Å². The molecular weight excluding hydrogens is 394 g/mol. The van der Waals surface area contributed by atoms with Crippen LogP contribution in [-0.2, 0) is 11.2 Å². The molecule has 0 fully saturated rings. The molecule has 0 saturated heterocycles. The second-order valence-corrected chi connectivity index (χ2v) is 6.67. The van der Waals surface area contributed by atoms with Gasteiger partial charge in [-0.05, 0) is 47.0 Å². The number of hydrazone groups is 1. The minimum Gasteiger partial charge on any atom is -0.480 e. The number of amides is 1. The third-order valence-electron chi connectivity index (χ3n) is 4.60. The van der Waals surface area contributed by atoms with Crippen LogP contribution in [-0.4, -0.2) is 34.2 Å². The lowest BCUT2D eigenvalue weighted by atomic mass is 9.99. The highest BCUT2D eigenvalue weighted by Crippen LogP contribution is 2.23. The average Bonchev–Trinajstić information content (AvgIpc) is 2.79. The van der Waals surface area contributed by atoms with E-state index in [1.165, 1.54) is 12.4 Å². The van der Waals surface area contributed by atoms with E-state index in [1.807, 2.05) is 12.1 Å². The van der Waals surface area contributed by atoms with E-state index in [4.69, 9.17) is 5.84 Å². The van der Waals surface area contributed by atoms with Gasteiger partial charge in [0.1, 0.15) is 6.04 Å². The van der Waals surface area contributed by atoms with E-state index < -0.39 is 17.9 Å². The lowest BCUT2D eigenvalue weighted by Gasteiger charge is -2.15. The first-order valence-corrected chi connectivity index (χ1v) is 9.33. The summed E-state index contributed by atoms with van der Waals surface area (Å²) in [7, 11) is 0. The van der Waals surface area contributed by atoms with Gasteiger partial charge in [-0.25, -0.2) is 4.79 Å². The van der Waals surface area contributed by atoms with Gasteiger partial charge in [0.2, 0.25) is 0 Å². The van der Waals surface area contributed by atoms with Crippen molar-refractivity contribution < 1.29 is 14.7 Å². The Morgan fingerprint density at radius 3 is 2.61 bits per heavy atom. The second-order valence-electron chi connectivity index (χ2n) is 6.67. The minimum absolute atomic E-state index is 0.0721. The maximum absolute atomic E-state index is 12.6. The first-order chi connectivity index (χ1) is 15.0. The van der Waals surface area contributed by atoms with Crippen LogP contribution in [0, 0.1) is 11.3 Å². The van der Waals surface area contributed by atoms with E-state index in [2.05, 4.69) is 21.5 Å². The summed E-state index contributed by atoms with van der Waals surface area (Å²) in [5, 5.41) is 24.7. The number of carboxylic acid groups (broad SMARTS) is 1. The molecule has 2 aromatic carbocycles. The van der Waals surface area contributed by atoms with Crippen LogP contribution >= 0.6 is 0 Å². The molecule has 0 unspecified atom stereocenters. The van der Waals surface area contributed by atoms with Crippen LogP contribution in [0.3, 0.4) is 0 Å². The van der Waals surface area contributed by atoms with Gasteiger partial charge in [0, 0.05) is 18.2 Å². The number of hydrogen-bond donors (Lipinski definition) is 3. The van der Waals surface area contributed by atoms with E-state index in [-0.39, 0.29) is 6.42 Å². The number of aliphatic carboxylic acids is 1. The van der Waals surface area contributed by atoms with Crippen LogP contribution in [0.4, 0.5) is 0 Å². The molecule has 8 heteroatoms. The first-order valence-electron chi connectivity index (χ1n) is 9.33. The number of rotatable bonds is 7. The maximum atomic E-state index is 12.6. The molecule has 8 nitrogen and oxygen atoms in total. The zero-order valence-electron chi connectivity index (χ0n) is 16.4. The van der Waals surface area contributed by atoms with Gasteiger partial charge in [-0.1, -0.05) is 30.3 Å². The fourth-order valence-corrected chi connectivity index (χ4v) is 3.08. The number of pyridine rings is 1. The lowest BCUT2D eigenvalue weighted by Crippen LogP contribution is -2.42. The van der Waals surface area contributed by atoms with Gasteiger partial charge in [0.25, 0.3) is 5.91 Å². The molecule has 3 aromatic rings. The Balaban J connectivity index is 1.75. The molecule has 0 aliphatic rings. The first kappa shape index (κ1) is 21.2. The SMILES string of the molecule is N#Cc1ccccc1-c1ccc(C(=O)N[C@@H](Cc2ccnc(C=NN)c2)C(=O)O)cc1. The van der Waals surface area contributed by atoms with Crippen molar-refractivity contribution in [3.05, 3.63) is 89.2 Å². The molecule has 1 aromatic heterocycles. The Labute approximate surface area is 178 Å². The molecular formula is C23H19N5O3. The number of carboxylic acids is 1. The highest BCUT2D eigenvalue weighted by molar-refractivity contribution is 5.97. The van der Waals surface area contributed by atoms with Crippen molar-refractivity contribution in [3.8, 4) is 17.2 Å². The number of nitriles is 1. The Morgan fingerprint density at radius 1 is 1.19 bits per heavy atom. The fraction of sp³-hybridized carbons (Fsp3) is 0.0870. The van der Waals surface area contributed by atoms with Crippen LogP contribution in [0.5, 0.6) is 0 Å². The molecule has 0 spiro atoms. The number of carbonyl (C=O) groups is 2. The van der Waals surface area contributed by atoms with Crippen molar-refractivity contribution >= 4 is 18.1 Å². The topological polar surface area (TPSA) is 141 Å². The Kier molecular flexibility index (Phi) is 6.71. The number of aromatic nitrogens is 1. The standard InChI is InChI=1S/C23H19N5O3/c24-13-18-3-1-2-4-20(18)16-5-7-17(8-6-16)22(29)28-21(23(30)31)12-15-9-10-26-19(11-15)14-27-25/h1-11,14,21H,12,25H2,(H,28,29)(H,30,31)/t21-/m0/s1. The van der Waals surface area contributed by atoms with E-state index in [0.717, 1.165) is 11.1 Å². The normalized spacial score (nSPS) is 11.6. The lowest BCUT2D eigenvalue weighted by molar-refractivity contribution is -0.139. The molecule has 3 rings (SSSR count). The molecule has 31 heavy (non-hydrogen) atoms. The third kappa shape index (κ3) is 5.31. The minimum atomic E-state index is -1.15. The highest BCUT2D eigenvalue weighted by Gasteiger charge is 2.21. The van der Waals surface area contributed by atoms with Crippen LogP contribution in [0.2, 0.25) is 0 Å². The van der Waals surface area contributed by atoms with Gasteiger partial charge in [0.05, 0.1) is 23.5 Å². The molecule has 0 radical (unpaired) electrons. The molecule has 0 aliphatic heterocycles. The summed E-state index contributed by atoms with van der Waals surface area (Å²) in [5.74, 6) is 3.45. The quantitative estimate of drug-likeness (QED) is 0.308. The summed E-state index contributed by atoms with van der Waals surface area (Å²) >= 11 is 0. The van der Waals surface area contributed by atoms with E-state index in [1.54, 1.807) is 48.5 Å². The zero-order chi connectivity index (χ0) is 22.2. The molecule has 1 amide bonds. The van der Waals surface area contributed by atoms with Gasteiger partial charge in [-0.3, -0.25) is 9.78 Å². The summed E-state index contributed by atoms with van der Waals surface area (Å²) in [6.07, 6.45) is 2.94. The summed E-state index contributed by atoms with van der Waals surface area (Å²) in [5.41, 5.74) is 3.55. The van der Waals surface area contributed by atoms with Gasteiger partial charge < -0.3 is 16.3 Å². The second kappa shape index (κ2) is 9.80. The number of carbonyl (C=O) groups excluding carboxylic acids is 1. The number of hydrogen-bond acceptors (Lipinski definition) is 6. The summed E-state index contributed by atoms with van der Waals surface area (Å²) < 4.78 is 0. The highest BCUT2D eigenvalue weighted by atomic mass is 16.4.